The molecule has 0 spiro atoms. The van der Waals surface area contributed by atoms with E-state index in [9.17, 15) is 22.8 Å². The summed E-state index contributed by atoms with van der Waals surface area (Å²) in [6.45, 7) is 0. The highest BCUT2D eigenvalue weighted by molar-refractivity contribution is 6.03. The Bertz CT molecular complexity index is 634. The van der Waals surface area contributed by atoms with Crippen LogP contribution in [0.25, 0.3) is 0 Å². The minimum absolute atomic E-state index is 0.0128. The maximum atomic E-state index is 12.6. The van der Waals surface area contributed by atoms with Crippen LogP contribution >= 0.6 is 0 Å². The molecule has 0 bridgehead atoms. The summed E-state index contributed by atoms with van der Waals surface area (Å²) in [5, 5.41) is 6.25. The molecule has 1 fully saturated rings. The zero-order valence-corrected chi connectivity index (χ0v) is 12.9. The second-order valence-electron chi connectivity index (χ2n) is 5.58. The zero-order valence-electron chi connectivity index (χ0n) is 12.9. The van der Waals surface area contributed by atoms with Crippen LogP contribution in [0.3, 0.4) is 0 Å². The molecule has 1 aliphatic rings. The molecule has 8 heteroatoms. The van der Waals surface area contributed by atoms with Gasteiger partial charge in [-0.3, -0.25) is 9.59 Å². The minimum Gasteiger partial charge on any atom is -0.326 e. The van der Waals surface area contributed by atoms with Crippen LogP contribution < -0.4 is 10.7 Å². The van der Waals surface area contributed by atoms with E-state index in [-0.39, 0.29) is 5.69 Å². The largest absolute Gasteiger partial charge is 0.416 e. The van der Waals surface area contributed by atoms with E-state index in [2.05, 4.69) is 15.8 Å². The van der Waals surface area contributed by atoms with E-state index in [0.717, 1.165) is 49.9 Å². The molecule has 0 unspecified atom stereocenters. The number of carbonyl (C=O) groups excluding carboxylic acids is 2. The Balaban J connectivity index is 1.85. The molecule has 2 amide bonds. The fourth-order valence-corrected chi connectivity index (χ4v) is 2.38. The Kier molecular flexibility index (Phi) is 5.94. The van der Waals surface area contributed by atoms with Crippen LogP contribution in [0.5, 0.6) is 0 Å². The van der Waals surface area contributed by atoms with E-state index in [1.54, 1.807) is 0 Å². The first-order chi connectivity index (χ1) is 11.3. The molecular formula is C16H18F3N3O2. The van der Waals surface area contributed by atoms with Gasteiger partial charge in [0.25, 0.3) is 0 Å². The first-order valence-corrected chi connectivity index (χ1v) is 7.66. The van der Waals surface area contributed by atoms with Gasteiger partial charge in [0.15, 0.2) is 0 Å². The number of halogens is 3. The van der Waals surface area contributed by atoms with Crippen LogP contribution in [-0.2, 0) is 15.8 Å². The van der Waals surface area contributed by atoms with Crippen LogP contribution in [0.2, 0.25) is 0 Å². The lowest BCUT2D eigenvalue weighted by Gasteiger charge is -2.12. The number of hydrazone groups is 1. The van der Waals surface area contributed by atoms with Gasteiger partial charge < -0.3 is 5.32 Å². The number of nitrogens with zero attached hydrogens (tertiary/aromatic N) is 1. The fourth-order valence-electron chi connectivity index (χ4n) is 2.38. The third-order valence-electron chi connectivity index (χ3n) is 3.56. The molecule has 0 aromatic heterocycles. The van der Waals surface area contributed by atoms with Gasteiger partial charge in [0.1, 0.15) is 6.42 Å². The molecule has 0 atom stereocenters. The van der Waals surface area contributed by atoms with Crippen molar-refractivity contribution in [3.8, 4) is 0 Å². The van der Waals surface area contributed by atoms with Crippen molar-refractivity contribution in [2.24, 2.45) is 5.10 Å². The van der Waals surface area contributed by atoms with Crippen molar-refractivity contribution in [2.45, 2.75) is 44.7 Å². The summed E-state index contributed by atoms with van der Waals surface area (Å²) in [6, 6.07) is 4.24. The van der Waals surface area contributed by atoms with Gasteiger partial charge in [-0.2, -0.15) is 18.3 Å². The molecule has 1 saturated carbocycles. The number of hydrogen-bond donors (Lipinski definition) is 2. The third-order valence-corrected chi connectivity index (χ3v) is 3.56. The minimum atomic E-state index is -4.49. The van der Waals surface area contributed by atoms with Gasteiger partial charge in [0.2, 0.25) is 11.8 Å². The number of anilines is 1. The lowest BCUT2D eigenvalue weighted by atomic mass is 9.99. The Morgan fingerprint density at radius 2 is 1.79 bits per heavy atom. The molecular weight excluding hydrogens is 323 g/mol. The van der Waals surface area contributed by atoms with Crippen LogP contribution in [0.4, 0.5) is 18.9 Å². The number of amides is 2. The standard InChI is InChI=1S/C16H18F3N3O2/c17-16(18,19)11-5-4-8-13(9-11)20-14(23)10-15(24)22-21-12-6-2-1-3-7-12/h4-5,8-9H,1-3,6-7,10H2,(H,20,23)(H,22,24). The Morgan fingerprint density at radius 1 is 1.08 bits per heavy atom. The van der Waals surface area contributed by atoms with Crippen molar-refractivity contribution < 1.29 is 22.8 Å². The van der Waals surface area contributed by atoms with Crippen molar-refractivity contribution in [3.63, 3.8) is 0 Å². The van der Waals surface area contributed by atoms with Crippen molar-refractivity contribution in [1.29, 1.82) is 0 Å². The molecule has 2 rings (SSSR count). The SMILES string of the molecule is O=C(CC(=O)Nc1cccc(C(F)(F)F)c1)NN=C1CCCCC1. The average Bonchev–Trinajstić information content (AvgIpc) is 2.53. The second-order valence-corrected chi connectivity index (χ2v) is 5.58. The topological polar surface area (TPSA) is 70.6 Å². The fraction of sp³-hybridized carbons (Fsp3) is 0.438. The molecule has 1 aromatic rings. The van der Waals surface area contributed by atoms with Crippen LogP contribution in [-0.4, -0.2) is 17.5 Å². The highest BCUT2D eigenvalue weighted by Crippen LogP contribution is 2.30. The smallest absolute Gasteiger partial charge is 0.326 e. The van der Waals surface area contributed by atoms with Gasteiger partial charge in [-0.05, 0) is 43.9 Å². The quantitative estimate of drug-likeness (QED) is 0.650. The van der Waals surface area contributed by atoms with Crippen molar-refractivity contribution in [2.75, 3.05) is 5.32 Å². The molecule has 0 radical (unpaired) electrons. The molecule has 2 N–H and O–H groups in total. The summed E-state index contributed by atoms with van der Waals surface area (Å²) in [4.78, 5) is 23.4. The monoisotopic (exact) mass is 341 g/mol. The summed E-state index contributed by atoms with van der Waals surface area (Å²) in [6.07, 6.45) is -0.128. The maximum absolute atomic E-state index is 12.6. The Hall–Kier alpha value is -2.38. The number of rotatable bonds is 4. The van der Waals surface area contributed by atoms with E-state index in [1.165, 1.54) is 12.1 Å². The van der Waals surface area contributed by atoms with Crippen molar-refractivity contribution in [3.05, 3.63) is 29.8 Å². The summed E-state index contributed by atoms with van der Waals surface area (Å²) in [5.41, 5.74) is 2.33. The van der Waals surface area contributed by atoms with Gasteiger partial charge in [0.05, 0.1) is 5.56 Å². The molecule has 1 aliphatic carbocycles. The van der Waals surface area contributed by atoms with E-state index >= 15 is 0 Å². The van der Waals surface area contributed by atoms with Gasteiger partial charge >= 0.3 is 6.18 Å². The zero-order chi connectivity index (χ0) is 17.6. The highest BCUT2D eigenvalue weighted by atomic mass is 19.4. The summed E-state index contributed by atoms with van der Waals surface area (Å²) in [7, 11) is 0. The normalized spacial score (nSPS) is 14.9. The third kappa shape index (κ3) is 5.68. The van der Waals surface area contributed by atoms with Gasteiger partial charge in [-0.25, -0.2) is 5.43 Å². The van der Waals surface area contributed by atoms with Crippen LogP contribution in [0.15, 0.2) is 29.4 Å². The van der Waals surface area contributed by atoms with Crippen LogP contribution in [0, 0.1) is 0 Å². The van der Waals surface area contributed by atoms with Gasteiger partial charge in [-0.15, -0.1) is 0 Å². The predicted octanol–water partition coefficient (Wildman–Crippen LogP) is 3.47. The molecule has 24 heavy (non-hydrogen) atoms. The predicted molar refractivity (Wildman–Crippen MR) is 83.4 cm³/mol. The first kappa shape index (κ1) is 18.0. The number of benzene rings is 1. The van der Waals surface area contributed by atoms with E-state index < -0.39 is 30.0 Å². The summed E-state index contributed by atoms with van der Waals surface area (Å²) < 4.78 is 37.8. The summed E-state index contributed by atoms with van der Waals surface area (Å²) >= 11 is 0. The molecule has 0 saturated heterocycles. The molecule has 1 aromatic carbocycles. The average molecular weight is 341 g/mol. The Labute approximate surface area is 137 Å². The van der Waals surface area contributed by atoms with Gasteiger partial charge in [-0.1, -0.05) is 12.5 Å². The molecule has 0 aliphatic heterocycles. The van der Waals surface area contributed by atoms with Crippen molar-refractivity contribution in [1.82, 2.24) is 5.43 Å². The second kappa shape index (κ2) is 7.94. The summed E-state index contributed by atoms with van der Waals surface area (Å²) in [5.74, 6) is -1.30. The highest BCUT2D eigenvalue weighted by Gasteiger charge is 2.30. The first-order valence-electron chi connectivity index (χ1n) is 7.66. The number of hydrogen-bond acceptors (Lipinski definition) is 3. The van der Waals surface area contributed by atoms with Crippen LogP contribution in [0.1, 0.15) is 44.1 Å². The van der Waals surface area contributed by atoms with Crippen molar-refractivity contribution >= 4 is 23.2 Å². The lowest BCUT2D eigenvalue weighted by molar-refractivity contribution is -0.137. The number of nitrogens with one attached hydrogen (secondary N) is 2. The Morgan fingerprint density at radius 3 is 2.46 bits per heavy atom. The lowest BCUT2D eigenvalue weighted by Crippen LogP contribution is -2.26. The number of alkyl halides is 3. The van der Waals surface area contributed by atoms with E-state index in [1.807, 2.05) is 0 Å². The van der Waals surface area contributed by atoms with E-state index in [4.69, 9.17) is 0 Å². The van der Waals surface area contributed by atoms with E-state index in [0.29, 0.717) is 0 Å². The molecule has 130 valence electrons. The van der Waals surface area contributed by atoms with Gasteiger partial charge in [0, 0.05) is 11.4 Å². The molecule has 5 nitrogen and oxygen atoms in total. The molecule has 0 heterocycles. The number of carbonyl (C=O) groups is 2. The maximum Gasteiger partial charge on any atom is 0.416 e.